The number of nitrogens with one attached hydrogen (secondary N) is 2. The zero-order valence-corrected chi connectivity index (χ0v) is 13.1. The highest BCUT2D eigenvalue weighted by atomic mass is 32.2. The molecule has 1 aromatic carbocycles. The second kappa shape index (κ2) is 7.79. The molecule has 5 nitrogen and oxygen atoms in total. The fourth-order valence-corrected chi connectivity index (χ4v) is 2.81. The summed E-state index contributed by atoms with van der Waals surface area (Å²) in [5.74, 6) is -2.58. The van der Waals surface area contributed by atoms with E-state index in [1.165, 1.54) is 0 Å². The highest BCUT2D eigenvalue weighted by molar-refractivity contribution is 7.89. The van der Waals surface area contributed by atoms with Crippen LogP contribution >= 0.6 is 0 Å². The molecular weight excluding hydrogens is 302 g/mol. The molecule has 0 amide bonds. The van der Waals surface area contributed by atoms with Crippen LogP contribution < -0.4 is 10.0 Å². The molecule has 0 fully saturated rings. The van der Waals surface area contributed by atoms with E-state index in [-0.39, 0.29) is 25.8 Å². The smallest absolute Gasteiger partial charge is 0.243 e. The Labute approximate surface area is 123 Å². The molecule has 0 atom stereocenters. The fourth-order valence-electron chi connectivity index (χ4n) is 1.67. The van der Waals surface area contributed by atoms with Gasteiger partial charge in [0.15, 0.2) is 11.6 Å². The summed E-state index contributed by atoms with van der Waals surface area (Å²) in [5.41, 5.74) is 0.343. The van der Waals surface area contributed by atoms with Crippen LogP contribution in [0.15, 0.2) is 17.0 Å². The van der Waals surface area contributed by atoms with E-state index in [9.17, 15) is 17.2 Å². The van der Waals surface area contributed by atoms with E-state index in [4.69, 9.17) is 4.74 Å². The molecule has 21 heavy (non-hydrogen) atoms. The topological polar surface area (TPSA) is 67.4 Å². The molecule has 0 spiro atoms. The Bertz CT molecular complexity index is 577. The van der Waals surface area contributed by atoms with Crippen molar-refractivity contribution >= 4 is 10.0 Å². The lowest BCUT2D eigenvalue weighted by Gasteiger charge is -2.11. The van der Waals surface area contributed by atoms with Crippen LogP contribution in [0.5, 0.6) is 0 Å². The number of hydrogen-bond donors (Lipinski definition) is 2. The molecule has 0 unspecified atom stereocenters. The van der Waals surface area contributed by atoms with Gasteiger partial charge in [0.05, 0.1) is 12.7 Å². The molecule has 0 saturated heterocycles. The first-order valence-corrected chi connectivity index (χ1v) is 8.00. The summed E-state index contributed by atoms with van der Waals surface area (Å²) in [5, 5.41) is 2.75. The SMILES string of the molecule is CNCc1cc(F)c(F)c(S(=O)(=O)NCCOC(C)C)c1. The average Bonchev–Trinajstić information content (AvgIpc) is 2.38. The average molecular weight is 322 g/mol. The van der Waals surface area contributed by atoms with Gasteiger partial charge >= 0.3 is 0 Å². The Balaban J connectivity index is 2.91. The second-order valence-electron chi connectivity index (χ2n) is 4.74. The van der Waals surface area contributed by atoms with Crippen molar-refractivity contribution in [3.05, 3.63) is 29.3 Å². The molecule has 0 aliphatic rings. The van der Waals surface area contributed by atoms with E-state index < -0.39 is 26.6 Å². The Morgan fingerprint density at radius 3 is 2.52 bits per heavy atom. The quantitative estimate of drug-likeness (QED) is 0.710. The molecule has 8 heteroatoms. The van der Waals surface area contributed by atoms with Gasteiger partial charge in [-0.15, -0.1) is 0 Å². The van der Waals surface area contributed by atoms with Gasteiger partial charge in [-0.2, -0.15) is 0 Å². The first kappa shape index (κ1) is 18.0. The maximum absolute atomic E-state index is 13.7. The lowest BCUT2D eigenvalue weighted by atomic mass is 10.2. The molecule has 0 radical (unpaired) electrons. The molecule has 2 N–H and O–H groups in total. The van der Waals surface area contributed by atoms with Gasteiger partial charge in [-0.05, 0) is 38.6 Å². The Kier molecular flexibility index (Phi) is 6.66. The summed E-state index contributed by atoms with van der Waals surface area (Å²) in [6.45, 7) is 3.99. The van der Waals surface area contributed by atoms with Crippen molar-refractivity contribution in [3.63, 3.8) is 0 Å². The van der Waals surface area contributed by atoms with Crippen LogP contribution in [0.2, 0.25) is 0 Å². The normalized spacial score (nSPS) is 12.1. The molecule has 0 aliphatic carbocycles. The van der Waals surface area contributed by atoms with E-state index in [1.807, 2.05) is 13.8 Å². The third-order valence-electron chi connectivity index (χ3n) is 2.57. The van der Waals surface area contributed by atoms with Gasteiger partial charge < -0.3 is 10.1 Å². The number of benzene rings is 1. The first-order chi connectivity index (χ1) is 9.77. The Morgan fingerprint density at radius 2 is 1.95 bits per heavy atom. The molecule has 0 aliphatic heterocycles. The predicted octanol–water partition coefficient (Wildman–Crippen LogP) is 1.39. The molecule has 1 rings (SSSR count). The van der Waals surface area contributed by atoms with E-state index in [1.54, 1.807) is 7.05 Å². The van der Waals surface area contributed by atoms with Crippen molar-refractivity contribution in [3.8, 4) is 0 Å². The van der Waals surface area contributed by atoms with Gasteiger partial charge in [-0.25, -0.2) is 21.9 Å². The fraction of sp³-hybridized carbons (Fsp3) is 0.538. The maximum Gasteiger partial charge on any atom is 0.243 e. The largest absolute Gasteiger partial charge is 0.377 e. The van der Waals surface area contributed by atoms with Crippen LogP contribution in [-0.4, -0.2) is 34.7 Å². The van der Waals surface area contributed by atoms with Gasteiger partial charge in [-0.3, -0.25) is 0 Å². The zero-order valence-electron chi connectivity index (χ0n) is 12.2. The summed E-state index contributed by atoms with van der Waals surface area (Å²) in [6, 6.07) is 2.08. The van der Waals surface area contributed by atoms with E-state index in [0.29, 0.717) is 5.56 Å². The van der Waals surface area contributed by atoms with Gasteiger partial charge in [0.1, 0.15) is 4.90 Å². The van der Waals surface area contributed by atoms with Crippen LogP contribution in [0.1, 0.15) is 19.4 Å². The van der Waals surface area contributed by atoms with Crippen LogP contribution in [-0.2, 0) is 21.3 Å². The van der Waals surface area contributed by atoms with Gasteiger partial charge in [0.2, 0.25) is 10.0 Å². The van der Waals surface area contributed by atoms with Crippen molar-refractivity contribution in [2.75, 3.05) is 20.2 Å². The summed E-state index contributed by atoms with van der Waals surface area (Å²) in [6.07, 6.45) is -0.0392. The minimum Gasteiger partial charge on any atom is -0.377 e. The van der Waals surface area contributed by atoms with E-state index in [2.05, 4.69) is 10.0 Å². The zero-order chi connectivity index (χ0) is 16.0. The number of halogens is 2. The maximum atomic E-state index is 13.7. The van der Waals surface area contributed by atoms with Crippen LogP contribution in [0, 0.1) is 11.6 Å². The summed E-state index contributed by atoms with van der Waals surface area (Å²) in [4.78, 5) is -0.697. The standard InChI is InChI=1S/C13H20F2N2O3S/c1-9(2)20-5-4-17-21(18,19)12-7-10(8-16-3)6-11(14)13(12)15/h6-7,9,16-17H,4-5,8H2,1-3H3. The predicted molar refractivity (Wildman–Crippen MR) is 75.4 cm³/mol. The molecule has 0 bridgehead atoms. The van der Waals surface area contributed by atoms with Crippen LogP contribution in [0.3, 0.4) is 0 Å². The highest BCUT2D eigenvalue weighted by Crippen LogP contribution is 2.19. The summed E-state index contributed by atoms with van der Waals surface area (Å²) < 4.78 is 58.6. The van der Waals surface area contributed by atoms with Crippen molar-refractivity contribution in [2.45, 2.75) is 31.4 Å². The minimum atomic E-state index is -4.12. The Morgan fingerprint density at radius 1 is 1.29 bits per heavy atom. The first-order valence-electron chi connectivity index (χ1n) is 6.51. The van der Waals surface area contributed by atoms with E-state index >= 15 is 0 Å². The monoisotopic (exact) mass is 322 g/mol. The lowest BCUT2D eigenvalue weighted by Crippen LogP contribution is -2.29. The molecular formula is C13H20F2N2O3S. The van der Waals surface area contributed by atoms with Crippen LogP contribution in [0.4, 0.5) is 8.78 Å². The third-order valence-corrected chi connectivity index (χ3v) is 4.03. The van der Waals surface area contributed by atoms with Crippen molar-refractivity contribution in [1.82, 2.24) is 10.0 Å². The lowest BCUT2D eigenvalue weighted by molar-refractivity contribution is 0.0833. The van der Waals surface area contributed by atoms with Gasteiger partial charge in [-0.1, -0.05) is 0 Å². The molecule has 0 heterocycles. The Hall–Kier alpha value is -1.09. The molecule has 120 valence electrons. The highest BCUT2D eigenvalue weighted by Gasteiger charge is 2.22. The van der Waals surface area contributed by atoms with Gasteiger partial charge in [0.25, 0.3) is 0 Å². The third kappa shape index (κ3) is 5.31. The molecule has 0 saturated carbocycles. The van der Waals surface area contributed by atoms with Gasteiger partial charge in [0, 0.05) is 13.1 Å². The summed E-state index contributed by atoms with van der Waals surface area (Å²) >= 11 is 0. The van der Waals surface area contributed by atoms with E-state index in [0.717, 1.165) is 12.1 Å². The van der Waals surface area contributed by atoms with Crippen LogP contribution in [0.25, 0.3) is 0 Å². The van der Waals surface area contributed by atoms with Crippen molar-refractivity contribution < 1.29 is 21.9 Å². The van der Waals surface area contributed by atoms with Crippen molar-refractivity contribution in [2.24, 2.45) is 0 Å². The van der Waals surface area contributed by atoms with Crippen molar-refractivity contribution in [1.29, 1.82) is 0 Å². The molecule has 0 aromatic heterocycles. The summed E-state index contributed by atoms with van der Waals surface area (Å²) in [7, 11) is -2.50. The number of rotatable bonds is 8. The molecule has 1 aromatic rings. The number of sulfonamides is 1. The second-order valence-corrected chi connectivity index (χ2v) is 6.47. The minimum absolute atomic E-state index is 0.0160. The number of hydrogen-bond acceptors (Lipinski definition) is 4. The number of ether oxygens (including phenoxy) is 1.